The van der Waals surface area contributed by atoms with Crippen LogP contribution in [0.25, 0.3) is 0 Å². The zero-order valence-electron chi connectivity index (χ0n) is 13.4. The molecule has 5 nitrogen and oxygen atoms in total. The molecule has 0 radical (unpaired) electrons. The fourth-order valence-electron chi connectivity index (χ4n) is 3.25. The summed E-state index contributed by atoms with van der Waals surface area (Å²) in [7, 11) is 1.76. The van der Waals surface area contributed by atoms with E-state index in [0.717, 1.165) is 37.8 Å². The van der Waals surface area contributed by atoms with Crippen LogP contribution in [-0.4, -0.2) is 46.4 Å². The zero-order valence-corrected chi connectivity index (χ0v) is 13.4. The Morgan fingerprint density at radius 3 is 2.64 bits per heavy atom. The van der Waals surface area contributed by atoms with Crippen LogP contribution < -0.4 is 4.74 Å². The minimum atomic E-state index is 0.615. The van der Waals surface area contributed by atoms with Gasteiger partial charge in [-0.2, -0.15) is 0 Å². The van der Waals surface area contributed by atoms with Crippen molar-refractivity contribution in [2.24, 2.45) is 0 Å². The van der Waals surface area contributed by atoms with Gasteiger partial charge in [-0.1, -0.05) is 18.2 Å². The van der Waals surface area contributed by atoms with Gasteiger partial charge in [-0.15, -0.1) is 10.2 Å². The van der Waals surface area contributed by atoms with E-state index in [0.29, 0.717) is 5.92 Å². The van der Waals surface area contributed by atoms with Crippen molar-refractivity contribution < 1.29 is 4.74 Å². The Bertz CT molecular complexity index is 602. The van der Waals surface area contributed by atoms with Crippen LogP contribution >= 0.6 is 0 Å². The molecular weight excluding hydrogens is 276 g/mol. The third-order valence-corrected chi connectivity index (χ3v) is 4.63. The molecule has 2 aromatic rings. The second-order valence-corrected chi connectivity index (χ2v) is 5.93. The van der Waals surface area contributed by atoms with Crippen molar-refractivity contribution in [2.75, 3.05) is 26.7 Å². The second-order valence-electron chi connectivity index (χ2n) is 5.93. The van der Waals surface area contributed by atoms with E-state index in [1.165, 1.54) is 18.4 Å². The number of hydrogen-bond donors (Lipinski definition) is 0. The van der Waals surface area contributed by atoms with Crippen LogP contribution in [0.4, 0.5) is 0 Å². The lowest BCUT2D eigenvalue weighted by molar-refractivity contribution is 0.203. The summed E-state index contributed by atoms with van der Waals surface area (Å²) in [4.78, 5) is 2.53. The average Bonchev–Trinajstić information content (AvgIpc) is 2.98. The summed E-state index contributed by atoms with van der Waals surface area (Å²) >= 11 is 0. The highest BCUT2D eigenvalue weighted by Gasteiger charge is 2.22. The summed E-state index contributed by atoms with van der Waals surface area (Å²) in [6.45, 7) is 6.32. The van der Waals surface area contributed by atoms with Crippen molar-refractivity contribution in [1.29, 1.82) is 0 Å². The molecule has 0 amide bonds. The number of piperidine rings is 1. The molecule has 0 N–H and O–H groups in total. The Hall–Kier alpha value is -1.88. The van der Waals surface area contributed by atoms with Crippen molar-refractivity contribution in [3.8, 4) is 5.75 Å². The van der Waals surface area contributed by atoms with Crippen LogP contribution in [-0.2, 0) is 6.54 Å². The summed E-state index contributed by atoms with van der Waals surface area (Å²) < 4.78 is 7.62. The van der Waals surface area contributed by atoms with E-state index >= 15 is 0 Å². The maximum atomic E-state index is 5.50. The summed E-state index contributed by atoms with van der Waals surface area (Å²) in [5.74, 6) is 2.63. The van der Waals surface area contributed by atoms with Crippen molar-refractivity contribution in [1.82, 2.24) is 19.7 Å². The SMILES string of the molecule is COc1ccccc1C1CCN(CCn2cnnc2C)CC1. The molecule has 1 aliphatic rings. The van der Waals surface area contributed by atoms with Crippen LogP contribution in [0.1, 0.15) is 30.1 Å². The van der Waals surface area contributed by atoms with Gasteiger partial charge in [0.15, 0.2) is 0 Å². The van der Waals surface area contributed by atoms with Gasteiger partial charge >= 0.3 is 0 Å². The van der Waals surface area contributed by atoms with Gasteiger partial charge in [-0.05, 0) is 50.4 Å². The smallest absolute Gasteiger partial charge is 0.129 e. The van der Waals surface area contributed by atoms with Crippen LogP contribution in [0.3, 0.4) is 0 Å². The number of nitrogens with zero attached hydrogens (tertiary/aromatic N) is 4. The Kier molecular flexibility index (Phi) is 4.73. The van der Waals surface area contributed by atoms with Gasteiger partial charge in [0.1, 0.15) is 17.9 Å². The molecule has 118 valence electrons. The van der Waals surface area contributed by atoms with E-state index in [2.05, 4.69) is 37.9 Å². The third-order valence-electron chi connectivity index (χ3n) is 4.63. The molecule has 0 bridgehead atoms. The topological polar surface area (TPSA) is 43.2 Å². The lowest BCUT2D eigenvalue weighted by Crippen LogP contribution is -2.35. The number of aryl methyl sites for hydroxylation is 1. The molecule has 1 aromatic carbocycles. The van der Waals surface area contributed by atoms with Gasteiger partial charge in [-0.3, -0.25) is 0 Å². The first-order valence-corrected chi connectivity index (χ1v) is 7.97. The fourth-order valence-corrected chi connectivity index (χ4v) is 3.25. The molecule has 22 heavy (non-hydrogen) atoms. The number of rotatable bonds is 5. The van der Waals surface area contributed by atoms with Crippen LogP contribution in [0.5, 0.6) is 5.75 Å². The van der Waals surface area contributed by atoms with Gasteiger partial charge < -0.3 is 14.2 Å². The highest BCUT2D eigenvalue weighted by molar-refractivity contribution is 5.36. The molecule has 5 heteroatoms. The van der Waals surface area contributed by atoms with Gasteiger partial charge in [0.25, 0.3) is 0 Å². The summed E-state index contributed by atoms with van der Waals surface area (Å²) in [6.07, 6.45) is 4.21. The number of likely N-dealkylation sites (tertiary alicyclic amines) is 1. The van der Waals surface area contributed by atoms with E-state index in [4.69, 9.17) is 4.74 Å². The summed E-state index contributed by atoms with van der Waals surface area (Å²) in [6, 6.07) is 8.42. The summed E-state index contributed by atoms with van der Waals surface area (Å²) in [5, 5.41) is 7.97. The van der Waals surface area contributed by atoms with Crippen molar-refractivity contribution in [2.45, 2.75) is 32.2 Å². The predicted octanol–water partition coefficient (Wildman–Crippen LogP) is 2.47. The van der Waals surface area contributed by atoms with Crippen LogP contribution in [0.15, 0.2) is 30.6 Å². The lowest BCUT2D eigenvalue weighted by Gasteiger charge is -2.32. The molecule has 2 heterocycles. The van der Waals surface area contributed by atoms with Gasteiger partial charge in [0, 0.05) is 13.1 Å². The average molecular weight is 300 g/mol. The van der Waals surface area contributed by atoms with Crippen molar-refractivity contribution in [3.05, 3.63) is 42.0 Å². The molecule has 3 rings (SSSR count). The number of para-hydroxylation sites is 1. The monoisotopic (exact) mass is 300 g/mol. The van der Waals surface area contributed by atoms with Gasteiger partial charge in [0.05, 0.1) is 7.11 Å². The first-order valence-electron chi connectivity index (χ1n) is 7.97. The molecule has 0 aliphatic carbocycles. The van der Waals surface area contributed by atoms with E-state index < -0.39 is 0 Å². The normalized spacial score (nSPS) is 16.8. The van der Waals surface area contributed by atoms with Crippen molar-refractivity contribution >= 4 is 0 Å². The molecule has 0 atom stereocenters. The number of methoxy groups -OCH3 is 1. The predicted molar refractivity (Wildman–Crippen MR) is 86.2 cm³/mol. The first-order chi connectivity index (χ1) is 10.8. The number of ether oxygens (including phenoxy) is 1. The maximum Gasteiger partial charge on any atom is 0.129 e. The minimum absolute atomic E-state index is 0.615. The number of benzene rings is 1. The molecule has 0 saturated carbocycles. The van der Waals surface area contributed by atoms with E-state index in [1.807, 2.05) is 19.3 Å². The Morgan fingerprint density at radius 2 is 1.95 bits per heavy atom. The van der Waals surface area contributed by atoms with Crippen LogP contribution in [0.2, 0.25) is 0 Å². The lowest BCUT2D eigenvalue weighted by atomic mass is 9.89. The summed E-state index contributed by atoms with van der Waals surface area (Å²) in [5.41, 5.74) is 1.36. The maximum absolute atomic E-state index is 5.50. The fraction of sp³-hybridized carbons (Fsp3) is 0.529. The van der Waals surface area contributed by atoms with Gasteiger partial charge in [0.2, 0.25) is 0 Å². The number of hydrogen-bond acceptors (Lipinski definition) is 4. The van der Waals surface area contributed by atoms with Crippen molar-refractivity contribution in [3.63, 3.8) is 0 Å². The highest BCUT2D eigenvalue weighted by atomic mass is 16.5. The van der Waals surface area contributed by atoms with E-state index in [-0.39, 0.29) is 0 Å². The molecule has 1 fully saturated rings. The largest absolute Gasteiger partial charge is 0.496 e. The van der Waals surface area contributed by atoms with Gasteiger partial charge in [-0.25, -0.2) is 0 Å². The molecule has 1 saturated heterocycles. The first kappa shape index (κ1) is 15.0. The molecule has 0 unspecified atom stereocenters. The highest BCUT2D eigenvalue weighted by Crippen LogP contribution is 2.33. The third kappa shape index (κ3) is 3.30. The van der Waals surface area contributed by atoms with E-state index in [9.17, 15) is 0 Å². The van der Waals surface area contributed by atoms with E-state index in [1.54, 1.807) is 7.11 Å². The minimum Gasteiger partial charge on any atom is -0.496 e. The standard InChI is InChI=1S/C17H24N4O/c1-14-19-18-13-21(14)12-11-20-9-7-15(8-10-20)16-5-3-4-6-17(16)22-2/h3-6,13,15H,7-12H2,1-2H3. The second kappa shape index (κ2) is 6.92. The quantitative estimate of drug-likeness (QED) is 0.851. The zero-order chi connectivity index (χ0) is 15.4. The molecular formula is C17H24N4O. The Labute approximate surface area is 131 Å². The molecule has 1 aliphatic heterocycles. The molecule has 0 spiro atoms. The van der Waals surface area contributed by atoms with Crippen LogP contribution in [0, 0.1) is 6.92 Å². The Balaban J connectivity index is 1.53. The Morgan fingerprint density at radius 1 is 1.18 bits per heavy atom. The number of aromatic nitrogens is 3. The molecule has 1 aromatic heterocycles.